The molecule has 28 heavy (non-hydrogen) atoms. The van der Waals surface area contributed by atoms with E-state index in [1.165, 1.54) is 0 Å². The first-order valence-corrected chi connectivity index (χ1v) is 11.1. The van der Waals surface area contributed by atoms with Crippen LogP contribution in [0.25, 0.3) is 0 Å². The van der Waals surface area contributed by atoms with E-state index in [-0.39, 0.29) is 0 Å². The Hall–Kier alpha value is -2.19. The number of hydrogen-bond donors (Lipinski definition) is 1. The molecule has 2 aromatic rings. The van der Waals surface area contributed by atoms with Gasteiger partial charge in [-0.2, -0.15) is 0 Å². The molecular weight excluding hydrogens is 376 g/mol. The standard InChI is InChI=1S/C20H28N4O3S/c1-4-27-20-15(2)11-18(12-16(20)3)28(25,26)23-13-17-5-9-24(10-6-17)19-14-21-7-8-22-19/h7-8,11-12,14,17,23H,4-6,9-10,13H2,1-3H3. The van der Waals surface area contributed by atoms with Crippen molar-refractivity contribution in [1.82, 2.24) is 14.7 Å². The van der Waals surface area contributed by atoms with Crippen LogP contribution in [0.3, 0.4) is 0 Å². The predicted octanol–water partition coefficient (Wildman–Crippen LogP) is 2.69. The highest BCUT2D eigenvalue weighted by Crippen LogP contribution is 2.27. The lowest BCUT2D eigenvalue weighted by Gasteiger charge is -2.32. The Bertz CT molecular complexity index is 872. The molecule has 1 aliphatic rings. The van der Waals surface area contributed by atoms with Crippen LogP contribution in [0.15, 0.2) is 35.6 Å². The van der Waals surface area contributed by atoms with Gasteiger partial charge in [-0.1, -0.05) is 0 Å². The van der Waals surface area contributed by atoms with Gasteiger partial charge in [0.25, 0.3) is 0 Å². The normalized spacial score (nSPS) is 15.6. The van der Waals surface area contributed by atoms with Crippen LogP contribution in [0.5, 0.6) is 5.75 Å². The molecule has 8 heteroatoms. The Morgan fingerprint density at radius 3 is 2.43 bits per heavy atom. The molecule has 1 saturated heterocycles. The maximum atomic E-state index is 12.8. The molecule has 3 rings (SSSR count). The van der Waals surface area contributed by atoms with E-state index in [4.69, 9.17) is 4.74 Å². The molecule has 1 aromatic heterocycles. The number of hydrogen-bond acceptors (Lipinski definition) is 6. The van der Waals surface area contributed by atoms with Gasteiger partial charge in [-0.25, -0.2) is 18.1 Å². The van der Waals surface area contributed by atoms with E-state index in [9.17, 15) is 8.42 Å². The summed E-state index contributed by atoms with van der Waals surface area (Å²) in [6, 6.07) is 3.36. The van der Waals surface area contributed by atoms with E-state index in [2.05, 4.69) is 19.6 Å². The van der Waals surface area contributed by atoms with Gasteiger partial charge in [0.2, 0.25) is 10.0 Å². The number of nitrogens with one attached hydrogen (secondary N) is 1. The molecule has 0 aliphatic carbocycles. The van der Waals surface area contributed by atoms with Gasteiger partial charge in [-0.15, -0.1) is 0 Å². The lowest BCUT2D eigenvalue weighted by molar-refractivity contribution is 0.335. The average molecular weight is 405 g/mol. The van der Waals surface area contributed by atoms with Crippen LogP contribution in [0.2, 0.25) is 0 Å². The Morgan fingerprint density at radius 2 is 1.86 bits per heavy atom. The summed E-state index contributed by atoms with van der Waals surface area (Å²) in [5, 5.41) is 0. The second-order valence-electron chi connectivity index (χ2n) is 7.17. The molecule has 0 amide bonds. The Labute approximate surface area is 167 Å². The quantitative estimate of drug-likeness (QED) is 0.764. The van der Waals surface area contributed by atoms with Crippen LogP contribution >= 0.6 is 0 Å². The Morgan fingerprint density at radius 1 is 1.18 bits per heavy atom. The highest BCUT2D eigenvalue weighted by Gasteiger charge is 2.23. The minimum atomic E-state index is -3.54. The van der Waals surface area contributed by atoms with Crippen LogP contribution < -0.4 is 14.4 Å². The van der Waals surface area contributed by atoms with Gasteiger partial charge in [-0.3, -0.25) is 4.98 Å². The Balaban J connectivity index is 1.59. The molecular formula is C20H28N4O3S. The minimum absolute atomic E-state index is 0.294. The SMILES string of the molecule is CCOc1c(C)cc(S(=O)(=O)NCC2CCN(c3cnccn3)CC2)cc1C. The number of aromatic nitrogens is 2. The van der Waals surface area contributed by atoms with Crippen molar-refractivity contribution in [2.45, 2.75) is 38.5 Å². The van der Waals surface area contributed by atoms with E-state index >= 15 is 0 Å². The van der Waals surface area contributed by atoms with E-state index in [1.54, 1.807) is 30.7 Å². The smallest absolute Gasteiger partial charge is 0.240 e. The van der Waals surface area contributed by atoms with E-state index in [0.717, 1.165) is 48.6 Å². The molecule has 0 radical (unpaired) electrons. The number of benzene rings is 1. The number of anilines is 1. The first kappa shape index (κ1) is 20.5. The molecule has 0 spiro atoms. The number of piperidine rings is 1. The Kier molecular flexibility index (Phi) is 6.51. The zero-order valence-corrected chi connectivity index (χ0v) is 17.5. The fourth-order valence-corrected chi connectivity index (χ4v) is 4.85. The molecule has 2 heterocycles. The van der Waals surface area contributed by atoms with Gasteiger partial charge in [0.15, 0.2) is 0 Å². The van der Waals surface area contributed by atoms with Crippen molar-refractivity contribution in [1.29, 1.82) is 0 Å². The van der Waals surface area contributed by atoms with Crippen molar-refractivity contribution in [2.75, 3.05) is 31.1 Å². The number of rotatable bonds is 7. The topological polar surface area (TPSA) is 84.4 Å². The summed E-state index contributed by atoms with van der Waals surface area (Å²) in [5.74, 6) is 1.95. The first-order valence-electron chi connectivity index (χ1n) is 9.65. The summed E-state index contributed by atoms with van der Waals surface area (Å²) in [6.45, 7) is 8.37. The van der Waals surface area contributed by atoms with E-state index in [1.807, 2.05) is 20.8 Å². The van der Waals surface area contributed by atoms with Crippen LogP contribution in [0.4, 0.5) is 5.82 Å². The monoisotopic (exact) mass is 404 g/mol. The molecule has 0 bridgehead atoms. The molecule has 1 aromatic carbocycles. The summed E-state index contributed by atoms with van der Waals surface area (Å²) in [4.78, 5) is 10.9. The number of nitrogens with zero attached hydrogens (tertiary/aromatic N) is 3. The molecule has 1 fully saturated rings. The van der Waals surface area contributed by atoms with Crippen molar-refractivity contribution in [3.8, 4) is 5.75 Å². The molecule has 0 unspecified atom stereocenters. The minimum Gasteiger partial charge on any atom is -0.493 e. The molecule has 1 N–H and O–H groups in total. The molecule has 0 atom stereocenters. The average Bonchev–Trinajstić information content (AvgIpc) is 2.70. The highest BCUT2D eigenvalue weighted by atomic mass is 32.2. The third kappa shape index (κ3) is 4.80. The van der Waals surface area contributed by atoms with Gasteiger partial charge in [0, 0.05) is 32.0 Å². The van der Waals surface area contributed by atoms with Gasteiger partial charge in [-0.05, 0) is 62.8 Å². The van der Waals surface area contributed by atoms with Crippen molar-refractivity contribution in [2.24, 2.45) is 5.92 Å². The largest absolute Gasteiger partial charge is 0.493 e. The first-order chi connectivity index (χ1) is 13.4. The highest BCUT2D eigenvalue weighted by molar-refractivity contribution is 7.89. The summed E-state index contributed by atoms with van der Waals surface area (Å²) in [6.07, 6.45) is 6.95. The van der Waals surface area contributed by atoms with Crippen molar-refractivity contribution >= 4 is 15.8 Å². The zero-order chi connectivity index (χ0) is 20.1. The maximum Gasteiger partial charge on any atom is 0.240 e. The van der Waals surface area contributed by atoms with E-state index in [0.29, 0.717) is 24.0 Å². The molecule has 1 aliphatic heterocycles. The van der Waals surface area contributed by atoms with Gasteiger partial charge >= 0.3 is 0 Å². The zero-order valence-electron chi connectivity index (χ0n) is 16.7. The van der Waals surface area contributed by atoms with E-state index < -0.39 is 10.0 Å². The third-order valence-electron chi connectivity index (χ3n) is 5.08. The third-order valence-corrected chi connectivity index (χ3v) is 6.49. The molecule has 7 nitrogen and oxygen atoms in total. The summed E-state index contributed by atoms with van der Waals surface area (Å²) in [5.41, 5.74) is 1.67. The van der Waals surface area contributed by atoms with Crippen LogP contribution in [0.1, 0.15) is 30.9 Å². The number of sulfonamides is 1. The van der Waals surface area contributed by atoms with Crippen LogP contribution in [0, 0.1) is 19.8 Å². The van der Waals surface area contributed by atoms with Crippen molar-refractivity contribution in [3.63, 3.8) is 0 Å². The second kappa shape index (κ2) is 8.87. The summed E-state index contributed by atoms with van der Waals surface area (Å²) < 4.78 is 33.9. The summed E-state index contributed by atoms with van der Waals surface area (Å²) in [7, 11) is -3.54. The van der Waals surface area contributed by atoms with Crippen LogP contribution in [-0.2, 0) is 10.0 Å². The number of aryl methyl sites for hydroxylation is 2. The predicted molar refractivity (Wildman–Crippen MR) is 109 cm³/mol. The lowest BCUT2D eigenvalue weighted by Crippen LogP contribution is -2.39. The second-order valence-corrected chi connectivity index (χ2v) is 8.93. The van der Waals surface area contributed by atoms with Gasteiger partial charge < -0.3 is 9.64 Å². The van der Waals surface area contributed by atoms with Crippen LogP contribution in [-0.4, -0.2) is 44.6 Å². The fraction of sp³-hybridized carbons (Fsp3) is 0.500. The van der Waals surface area contributed by atoms with Crippen molar-refractivity contribution < 1.29 is 13.2 Å². The fourth-order valence-electron chi connectivity index (χ4n) is 3.57. The molecule has 0 saturated carbocycles. The van der Waals surface area contributed by atoms with Gasteiger partial charge in [0.05, 0.1) is 17.7 Å². The van der Waals surface area contributed by atoms with Gasteiger partial charge in [0.1, 0.15) is 11.6 Å². The maximum absolute atomic E-state index is 12.8. The molecule has 152 valence electrons. The number of ether oxygens (including phenoxy) is 1. The van der Waals surface area contributed by atoms with Crippen molar-refractivity contribution in [3.05, 3.63) is 41.9 Å². The lowest BCUT2D eigenvalue weighted by atomic mass is 9.97. The summed E-state index contributed by atoms with van der Waals surface area (Å²) >= 11 is 0.